The molecule has 0 saturated carbocycles. The van der Waals surface area contributed by atoms with Crippen molar-refractivity contribution in [1.29, 1.82) is 0 Å². The van der Waals surface area contributed by atoms with Gasteiger partial charge in [0, 0.05) is 0 Å². The summed E-state index contributed by atoms with van der Waals surface area (Å²) in [6, 6.07) is 0. The van der Waals surface area contributed by atoms with Crippen molar-refractivity contribution >= 4 is 20.0 Å². The molecule has 0 aromatic carbocycles. The molecule has 0 amide bonds. The van der Waals surface area contributed by atoms with E-state index in [2.05, 4.69) is 65.2 Å². The van der Waals surface area contributed by atoms with Gasteiger partial charge in [-0.25, -0.2) is 0 Å². The molecule has 7 heteroatoms. The van der Waals surface area contributed by atoms with Crippen molar-refractivity contribution in [3.8, 4) is 0 Å². The summed E-state index contributed by atoms with van der Waals surface area (Å²) >= 11 is -4.26. The number of rotatable bonds is 6. The van der Waals surface area contributed by atoms with Crippen LogP contribution in [0.15, 0.2) is 0 Å². The summed E-state index contributed by atoms with van der Waals surface area (Å²) in [6.07, 6.45) is 4.78. The quantitative estimate of drug-likeness (QED) is 0.492. The fraction of sp³-hybridized carbons (Fsp3) is 1.00. The van der Waals surface area contributed by atoms with Crippen molar-refractivity contribution < 1.29 is 12.3 Å². The zero-order valence-corrected chi connectivity index (χ0v) is 23.2. The van der Waals surface area contributed by atoms with Crippen molar-refractivity contribution in [1.82, 2.24) is 9.80 Å². The van der Waals surface area contributed by atoms with E-state index in [1.165, 1.54) is 25.7 Å². The molecule has 0 radical (unpaired) electrons. The van der Waals surface area contributed by atoms with Gasteiger partial charge in [0.1, 0.15) is 0 Å². The van der Waals surface area contributed by atoms with Gasteiger partial charge in [0.2, 0.25) is 0 Å². The Kier molecular flexibility index (Phi) is 9.30. The molecule has 0 bridgehead atoms. The maximum atomic E-state index is 6.72. The molecule has 0 unspecified atom stereocenters. The van der Waals surface area contributed by atoms with Crippen molar-refractivity contribution in [2.24, 2.45) is 0 Å². The first-order chi connectivity index (χ1) is 13.4. The van der Waals surface area contributed by atoms with Crippen LogP contribution in [0, 0.1) is 0 Å². The zero-order chi connectivity index (χ0) is 21.8. The third kappa shape index (κ3) is 8.54. The SMILES string of the molecule is CCCCN1CC[O][Sn]2([O]C(C)(C)C1)[O]C(C)(C)CN(CCCC)CC(C)(C)[O]2. The molecule has 2 rings (SSSR count). The first kappa shape index (κ1) is 25.8. The molecule has 0 aromatic rings. The van der Waals surface area contributed by atoms with Crippen molar-refractivity contribution in [3.63, 3.8) is 0 Å². The monoisotopic (exact) mass is 522 g/mol. The summed E-state index contributed by atoms with van der Waals surface area (Å²) in [7, 11) is 0. The van der Waals surface area contributed by atoms with E-state index >= 15 is 0 Å². The van der Waals surface area contributed by atoms with Gasteiger partial charge in [-0.3, -0.25) is 0 Å². The molecule has 172 valence electrons. The third-order valence-electron chi connectivity index (χ3n) is 5.36. The minimum absolute atomic E-state index is 0.364. The van der Waals surface area contributed by atoms with E-state index < -0.39 is 20.0 Å². The predicted octanol–water partition coefficient (Wildman–Crippen LogP) is 4.06. The standard InChI is InChI=1S/C12H25NO2.C10H21NO2.Sn/c1-6-7-8-13(9-11(2,3)14)10-12(4,5)15;1-4-5-6-11(7-8-12)9-10(2,3)13;/h6-10H2,1-5H3;4-9H2,1-3H3;/q2*-2;+4. The number of hydrogen-bond donors (Lipinski definition) is 0. The van der Waals surface area contributed by atoms with Crippen molar-refractivity contribution in [3.05, 3.63) is 0 Å². The van der Waals surface area contributed by atoms with Crippen molar-refractivity contribution in [2.45, 2.75) is 97.9 Å². The molecule has 0 N–H and O–H groups in total. The van der Waals surface area contributed by atoms with Gasteiger partial charge in [-0.2, -0.15) is 0 Å². The summed E-state index contributed by atoms with van der Waals surface area (Å²) in [5.74, 6) is 0. The van der Waals surface area contributed by atoms with Crippen LogP contribution in [-0.4, -0.2) is 92.5 Å². The summed E-state index contributed by atoms with van der Waals surface area (Å²) in [5.41, 5.74) is -1.09. The van der Waals surface area contributed by atoms with Crippen LogP contribution in [0.25, 0.3) is 0 Å². The number of hydrogen-bond acceptors (Lipinski definition) is 6. The molecule has 2 aliphatic rings. The van der Waals surface area contributed by atoms with E-state index in [9.17, 15) is 0 Å². The Morgan fingerprint density at radius 3 is 1.55 bits per heavy atom. The van der Waals surface area contributed by atoms with Gasteiger partial charge in [0.25, 0.3) is 0 Å². The molecule has 2 aliphatic heterocycles. The van der Waals surface area contributed by atoms with Gasteiger partial charge in [-0.05, 0) is 0 Å². The van der Waals surface area contributed by atoms with Crippen LogP contribution in [-0.2, 0) is 12.3 Å². The van der Waals surface area contributed by atoms with Gasteiger partial charge >= 0.3 is 186 Å². The summed E-state index contributed by atoms with van der Waals surface area (Å²) in [4.78, 5) is 4.93. The van der Waals surface area contributed by atoms with Crippen LogP contribution in [0.4, 0.5) is 0 Å². The predicted molar refractivity (Wildman–Crippen MR) is 120 cm³/mol. The molecule has 2 saturated heterocycles. The maximum absolute atomic E-state index is 6.72. The second-order valence-corrected chi connectivity index (χ2v) is 16.1. The molecule has 1 spiro atoms. The van der Waals surface area contributed by atoms with Gasteiger partial charge in [-0.15, -0.1) is 0 Å². The van der Waals surface area contributed by atoms with Crippen LogP contribution in [0.1, 0.15) is 81.1 Å². The Hall–Kier alpha value is 0.559. The molecule has 2 heterocycles. The number of unbranched alkanes of at least 4 members (excludes halogenated alkanes) is 2. The summed E-state index contributed by atoms with van der Waals surface area (Å²) < 4.78 is 26.6. The second-order valence-electron chi connectivity index (χ2n) is 10.6. The van der Waals surface area contributed by atoms with Crippen LogP contribution >= 0.6 is 0 Å². The molecule has 2 fully saturated rings. The minimum atomic E-state index is -4.26. The zero-order valence-electron chi connectivity index (χ0n) is 20.3. The van der Waals surface area contributed by atoms with Crippen LogP contribution in [0.2, 0.25) is 0 Å². The van der Waals surface area contributed by atoms with Crippen LogP contribution in [0.5, 0.6) is 0 Å². The van der Waals surface area contributed by atoms with Crippen LogP contribution < -0.4 is 0 Å². The topological polar surface area (TPSA) is 43.4 Å². The van der Waals surface area contributed by atoms with Crippen LogP contribution in [0.3, 0.4) is 0 Å². The van der Waals surface area contributed by atoms with Crippen molar-refractivity contribution in [2.75, 3.05) is 45.9 Å². The fourth-order valence-electron chi connectivity index (χ4n) is 4.43. The van der Waals surface area contributed by atoms with Gasteiger partial charge in [-0.1, -0.05) is 0 Å². The third-order valence-corrected chi connectivity index (χ3v) is 13.8. The molecular formula is C22H46N2O4Sn. The Bertz CT molecular complexity index is 477. The van der Waals surface area contributed by atoms with E-state index in [4.69, 9.17) is 12.3 Å². The Morgan fingerprint density at radius 2 is 1.10 bits per heavy atom. The van der Waals surface area contributed by atoms with Gasteiger partial charge in [0.15, 0.2) is 0 Å². The van der Waals surface area contributed by atoms with E-state index in [1.54, 1.807) is 0 Å². The molecule has 0 atom stereocenters. The Labute approximate surface area is 185 Å². The normalized spacial score (nSPS) is 27.7. The number of nitrogens with zero attached hydrogens (tertiary/aromatic N) is 2. The molecule has 0 aliphatic carbocycles. The average Bonchev–Trinajstić information content (AvgIpc) is 2.52. The summed E-state index contributed by atoms with van der Waals surface area (Å²) in [5, 5.41) is 0. The fourth-order valence-corrected chi connectivity index (χ4v) is 12.6. The first-order valence-electron chi connectivity index (χ1n) is 11.6. The van der Waals surface area contributed by atoms with E-state index in [0.29, 0.717) is 6.61 Å². The molecular weight excluding hydrogens is 475 g/mol. The van der Waals surface area contributed by atoms with Gasteiger partial charge in [0.05, 0.1) is 0 Å². The molecule has 6 nitrogen and oxygen atoms in total. The first-order valence-corrected chi connectivity index (χ1v) is 16.3. The van der Waals surface area contributed by atoms with E-state index in [1.807, 2.05) is 0 Å². The molecule has 29 heavy (non-hydrogen) atoms. The molecule has 0 aromatic heterocycles. The Morgan fingerprint density at radius 1 is 0.690 bits per heavy atom. The van der Waals surface area contributed by atoms with Gasteiger partial charge < -0.3 is 0 Å². The van der Waals surface area contributed by atoms with E-state index in [-0.39, 0.29) is 16.8 Å². The van der Waals surface area contributed by atoms with E-state index in [0.717, 1.165) is 39.3 Å². The Balaban J connectivity index is 2.21. The second kappa shape index (κ2) is 10.4. The average molecular weight is 521 g/mol. The summed E-state index contributed by atoms with van der Waals surface area (Å²) in [6.45, 7) is 23.7.